The molecule has 0 aromatic heterocycles. The Kier molecular flexibility index (Phi) is 6.83. The molecule has 162 valence electrons. The van der Waals surface area contributed by atoms with Crippen molar-refractivity contribution in [2.75, 3.05) is 5.32 Å². The van der Waals surface area contributed by atoms with Crippen LogP contribution in [-0.4, -0.2) is 21.7 Å². The van der Waals surface area contributed by atoms with Crippen molar-refractivity contribution in [2.24, 2.45) is 0 Å². The molecule has 0 heterocycles. The normalized spacial score (nSPS) is 10.2. The number of rotatable bonds is 8. The second-order valence-corrected chi connectivity index (χ2v) is 6.46. The van der Waals surface area contributed by atoms with Crippen molar-refractivity contribution in [1.29, 1.82) is 0 Å². The molecule has 3 rings (SSSR count). The summed E-state index contributed by atoms with van der Waals surface area (Å²) in [5.74, 6) is -1.50. The zero-order valence-corrected chi connectivity index (χ0v) is 16.4. The number of amides is 2. The molecule has 0 fully saturated rings. The van der Waals surface area contributed by atoms with Crippen LogP contribution >= 0.6 is 0 Å². The van der Waals surface area contributed by atoms with Crippen LogP contribution in [0.3, 0.4) is 0 Å². The van der Waals surface area contributed by atoms with Crippen molar-refractivity contribution in [2.45, 2.75) is 6.61 Å². The number of carbonyl (C=O) groups excluding carboxylic acids is 2. The van der Waals surface area contributed by atoms with E-state index in [-0.39, 0.29) is 23.4 Å². The molecular formula is C21H16N4O7. The molecule has 0 bridgehead atoms. The number of nitro groups is 2. The van der Waals surface area contributed by atoms with Crippen molar-refractivity contribution in [3.63, 3.8) is 0 Å². The van der Waals surface area contributed by atoms with E-state index in [1.807, 2.05) is 30.3 Å². The molecule has 0 saturated carbocycles. The Labute approximate surface area is 180 Å². The van der Waals surface area contributed by atoms with Gasteiger partial charge in [-0.25, -0.2) is 5.48 Å². The quantitative estimate of drug-likeness (QED) is 0.404. The Hall–Kier alpha value is -4.64. The number of anilines is 1. The van der Waals surface area contributed by atoms with Crippen molar-refractivity contribution >= 4 is 28.9 Å². The molecule has 0 spiro atoms. The molecule has 0 saturated heterocycles. The lowest BCUT2D eigenvalue weighted by atomic mass is 10.1. The van der Waals surface area contributed by atoms with Gasteiger partial charge in [-0.2, -0.15) is 0 Å². The molecule has 11 nitrogen and oxygen atoms in total. The Balaban J connectivity index is 1.75. The van der Waals surface area contributed by atoms with Crippen LogP contribution < -0.4 is 10.8 Å². The lowest BCUT2D eigenvalue weighted by Crippen LogP contribution is -2.25. The van der Waals surface area contributed by atoms with Gasteiger partial charge < -0.3 is 5.32 Å². The van der Waals surface area contributed by atoms with Crippen molar-refractivity contribution in [1.82, 2.24) is 5.48 Å². The van der Waals surface area contributed by atoms with Gasteiger partial charge in [0.25, 0.3) is 23.2 Å². The fraction of sp³-hybridized carbons (Fsp3) is 0.0476. The summed E-state index contributed by atoms with van der Waals surface area (Å²) < 4.78 is 0. The Morgan fingerprint density at radius 1 is 0.812 bits per heavy atom. The van der Waals surface area contributed by atoms with E-state index < -0.39 is 33.0 Å². The maximum Gasteiger partial charge on any atom is 0.277 e. The highest BCUT2D eigenvalue weighted by Gasteiger charge is 2.21. The molecule has 0 aliphatic heterocycles. The van der Waals surface area contributed by atoms with Gasteiger partial charge in [0.2, 0.25) is 0 Å². The van der Waals surface area contributed by atoms with Gasteiger partial charge in [-0.05, 0) is 17.7 Å². The molecule has 0 radical (unpaired) electrons. The maximum atomic E-state index is 12.6. The van der Waals surface area contributed by atoms with Crippen LogP contribution in [0, 0.1) is 20.2 Å². The summed E-state index contributed by atoms with van der Waals surface area (Å²) in [5, 5.41) is 24.5. The first kappa shape index (κ1) is 22.1. The zero-order chi connectivity index (χ0) is 23.1. The van der Waals surface area contributed by atoms with Crippen LogP contribution in [-0.2, 0) is 11.4 Å². The summed E-state index contributed by atoms with van der Waals surface area (Å²) in [6.07, 6.45) is 0. The Bertz CT molecular complexity index is 1150. The molecular weight excluding hydrogens is 420 g/mol. The number of hydrogen-bond acceptors (Lipinski definition) is 7. The fourth-order valence-electron chi connectivity index (χ4n) is 2.74. The molecule has 0 aliphatic rings. The SMILES string of the molecule is O=C(Nc1ccccc1C(=O)NOCc1ccccc1)c1cc([N+](=O)[O-])cc([N+](=O)[O-])c1. The lowest BCUT2D eigenvalue weighted by Gasteiger charge is -2.11. The maximum absolute atomic E-state index is 12.6. The van der Waals surface area contributed by atoms with Gasteiger partial charge in [0.15, 0.2) is 0 Å². The minimum Gasteiger partial charge on any atom is -0.321 e. The predicted molar refractivity (Wildman–Crippen MR) is 113 cm³/mol. The topological polar surface area (TPSA) is 154 Å². The van der Waals surface area contributed by atoms with Gasteiger partial charge in [-0.15, -0.1) is 0 Å². The first-order valence-corrected chi connectivity index (χ1v) is 9.15. The van der Waals surface area contributed by atoms with Crippen LogP contribution in [0.2, 0.25) is 0 Å². The second kappa shape index (κ2) is 9.91. The third kappa shape index (κ3) is 5.49. The van der Waals surface area contributed by atoms with E-state index in [4.69, 9.17) is 4.84 Å². The third-order valence-corrected chi connectivity index (χ3v) is 4.25. The second-order valence-electron chi connectivity index (χ2n) is 6.46. The molecule has 3 aromatic carbocycles. The number of nitro benzene ring substituents is 2. The van der Waals surface area contributed by atoms with E-state index in [0.29, 0.717) is 0 Å². The number of non-ortho nitro benzene ring substituents is 2. The van der Waals surface area contributed by atoms with E-state index in [1.165, 1.54) is 12.1 Å². The first-order valence-electron chi connectivity index (χ1n) is 9.15. The smallest absolute Gasteiger partial charge is 0.277 e. The Morgan fingerprint density at radius 2 is 1.41 bits per heavy atom. The van der Waals surface area contributed by atoms with E-state index in [2.05, 4.69) is 10.8 Å². The highest BCUT2D eigenvalue weighted by atomic mass is 16.7. The van der Waals surface area contributed by atoms with Crippen molar-refractivity contribution in [3.8, 4) is 0 Å². The van der Waals surface area contributed by atoms with Crippen LogP contribution in [0.1, 0.15) is 26.3 Å². The highest BCUT2D eigenvalue weighted by molar-refractivity contribution is 6.09. The largest absolute Gasteiger partial charge is 0.321 e. The number of para-hydroxylation sites is 1. The van der Waals surface area contributed by atoms with Gasteiger partial charge in [0.05, 0.1) is 39.3 Å². The summed E-state index contributed by atoms with van der Waals surface area (Å²) in [7, 11) is 0. The third-order valence-electron chi connectivity index (χ3n) is 4.25. The molecule has 0 atom stereocenters. The number of nitrogens with one attached hydrogen (secondary N) is 2. The van der Waals surface area contributed by atoms with Gasteiger partial charge >= 0.3 is 0 Å². The average molecular weight is 436 g/mol. The zero-order valence-electron chi connectivity index (χ0n) is 16.4. The van der Waals surface area contributed by atoms with E-state index >= 15 is 0 Å². The van der Waals surface area contributed by atoms with Gasteiger partial charge in [0, 0.05) is 12.1 Å². The lowest BCUT2D eigenvalue weighted by molar-refractivity contribution is -0.394. The summed E-state index contributed by atoms with van der Waals surface area (Å²) in [4.78, 5) is 50.7. The summed E-state index contributed by atoms with van der Waals surface area (Å²) in [6, 6.07) is 17.7. The highest BCUT2D eigenvalue weighted by Crippen LogP contribution is 2.24. The average Bonchev–Trinajstić information content (AvgIpc) is 2.79. The molecule has 2 amide bonds. The first-order chi connectivity index (χ1) is 15.3. The minimum absolute atomic E-state index is 0.0637. The number of carbonyl (C=O) groups is 2. The molecule has 2 N–H and O–H groups in total. The molecule has 0 aliphatic carbocycles. The number of benzene rings is 3. The summed E-state index contributed by atoms with van der Waals surface area (Å²) in [5.41, 5.74) is 1.75. The summed E-state index contributed by atoms with van der Waals surface area (Å²) >= 11 is 0. The van der Waals surface area contributed by atoms with Crippen LogP contribution in [0.25, 0.3) is 0 Å². The minimum atomic E-state index is -0.859. The van der Waals surface area contributed by atoms with Crippen molar-refractivity contribution < 1.29 is 24.3 Å². The molecule has 0 unspecified atom stereocenters. The van der Waals surface area contributed by atoms with Crippen LogP contribution in [0.15, 0.2) is 72.8 Å². The standard InChI is InChI=1S/C21H16N4O7/c26-20(15-10-16(24(28)29)12-17(11-15)25(30)31)22-19-9-5-4-8-18(19)21(27)23-32-13-14-6-2-1-3-7-14/h1-12H,13H2,(H,22,26)(H,23,27). The van der Waals surface area contributed by atoms with Gasteiger partial charge in [-0.1, -0.05) is 42.5 Å². The predicted octanol–water partition coefficient (Wildman–Crippen LogP) is 3.62. The van der Waals surface area contributed by atoms with Crippen molar-refractivity contribution in [3.05, 3.63) is 110 Å². The Morgan fingerprint density at radius 3 is 2.03 bits per heavy atom. The van der Waals surface area contributed by atoms with Crippen LogP contribution in [0.5, 0.6) is 0 Å². The van der Waals surface area contributed by atoms with E-state index in [1.54, 1.807) is 12.1 Å². The fourth-order valence-corrected chi connectivity index (χ4v) is 2.74. The van der Waals surface area contributed by atoms with Crippen LogP contribution in [0.4, 0.5) is 17.1 Å². The molecule has 32 heavy (non-hydrogen) atoms. The van der Waals surface area contributed by atoms with Gasteiger partial charge in [0.1, 0.15) is 0 Å². The molecule has 3 aromatic rings. The van der Waals surface area contributed by atoms with E-state index in [0.717, 1.165) is 23.8 Å². The monoisotopic (exact) mass is 436 g/mol. The van der Waals surface area contributed by atoms with Gasteiger partial charge in [-0.3, -0.25) is 34.7 Å². The molecule has 11 heteroatoms. The number of hydroxylamine groups is 1. The number of hydrogen-bond donors (Lipinski definition) is 2. The summed E-state index contributed by atoms with van der Waals surface area (Å²) in [6.45, 7) is 0.123. The van der Waals surface area contributed by atoms with E-state index in [9.17, 15) is 29.8 Å². The number of nitrogens with zero attached hydrogens (tertiary/aromatic N) is 2.